The Morgan fingerprint density at radius 2 is 1.65 bits per heavy atom. The lowest BCUT2D eigenvalue weighted by atomic mass is 9.78. The van der Waals surface area contributed by atoms with Crippen molar-refractivity contribution in [3.63, 3.8) is 0 Å². The standard InChI is InChI=1S/C14H20BN3O2/c1-9-7-10(8-11-12(9)17-18(6)16-11)15-19-13(2,3)14(4,5)20-15/h7-8H,1-6H3. The maximum absolute atomic E-state index is 6.08. The first kappa shape index (κ1) is 13.6. The van der Waals surface area contributed by atoms with Crippen LogP contribution in [-0.4, -0.2) is 33.3 Å². The fourth-order valence-corrected chi connectivity index (χ4v) is 2.43. The van der Waals surface area contributed by atoms with E-state index in [4.69, 9.17) is 9.31 Å². The van der Waals surface area contributed by atoms with Crippen LogP contribution >= 0.6 is 0 Å². The summed E-state index contributed by atoms with van der Waals surface area (Å²) in [5.74, 6) is 0. The topological polar surface area (TPSA) is 49.2 Å². The summed E-state index contributed by atoms with van der Waals surface area (Å²) in [5, 5.41) is 8.73. The molecule has 2 heterocycles. The van der Waals surface area contributed by atoms with Crippen LogP contribution in [0.1, 0.15) is 33.3 Å². The van der Waals surface area contributed by atoms with Crippen molar-refractivity contribution in [3.8, 4) is 0 Å². The lowest BCUT2D eigenvalue weighted by molar-refractivity contribution is 0.00578. The quantitative estimate of drug-likeness (QED) is 0.740. The largest absolute Gasteiger partial charge is 0.494 e. The lowest BCUT2D eigenvalue weighted by Crippen LogP contribution is -2.41. The molecule has 0 spiro atoms. The molecule has 0 atom stereocenters. The van der Waals surface area contributed by atoms with Gasteiger partial charge in [0, 0.05) is 7.05 Å². The lowest BCUT2D eigenvalue weighted by Gasteiger charge is -2.32. The summed E-state index contributed by atoms with van der Waals surface area (Å²) in [6.07, 6.45) is 0. The van der Waals surface area contributed by atoms with Crippen molar-refractivity contribution in [3.05, 3.63) is 17.7 Å². The maximum atomic E-state index is 6.08. The number of hydrogen-bond donors (Lipinski definition) is 0. The third-order valence-corrected chi connectivity index (χ3v) is 4.33. The van der Waals surface area contributed by atoms with E-state index in [0.717, 1.165) is 22.1 Å². The number of hydrogen-bond acceptors (Lipinski definition) is 4. The molecule has 1 aliphatic rings. The van der Waals surface area contributed by atoms with Crippen molar-refractivity contribution >= 4 is 23.6 Å². The molecule has 0 bridgehead atoms. The van der Waals surface area contributed by atoms with Gasteiger partial charge in [0.15, 0.2) is 0 Å². The molecule has 5 nitrogen and oxygen atoms in total. The van der Waals surface area contributed by atoms with Crippen molar-refractivity contribution in [2.45, 2.75) is 45.8 Å². The van der Waals surface area contributed by atoms with Crippen molar-refractivity contribution in [1.82, 2.24) is 15.0 Å². The van der Waals surface area contributed by atoms with Crippen molar-refractivity contribution in [2.75, 3.05) is 0 Å². The van der Waals surface area contributed by atoms with Gasteiger partial charge < -0.3 is 9.31 Å². The Morgan fingerprint density at radius 1 is 1.05 bits per heavy atom. The molecule has 1 aromatic heterocycles. The molecule has 0 radical (unpaired) electrons. The highest BCUT2D eigenvalue weighted by molar-refractivity contribution is 6.62. The fourth-order valence-electron chi connectivity index (χ4n) is 2.43. The second-order valence-corrected chi connectivity index (χ2v) is 6.48. The Kier molecular flexibility index (Phi) is 2.75. The molecule has 106 valence electrons. The monoisotopic (exact) mass is 273 g/mol. The first-order chi connectivity index (χ1) is 9.19. The number of benzene rings is 1. The highest BCUT2D eigenvalue weighted by atomic mass is 16.7. The maximum Gasteiger partial charge on any atom is 0.494 e. The Morgan fingerprint density at radius 3 is 2.25 bits per heavy atom. The Bertz CT molecular complexity index is 662. The van der Waals surface area contributed by atoms with Crippen LogP contribution in [0.2, 0.25) is 0 Å². The van der Waals surface area contributed by atoms with Gasteiger partial charge in [0.05, 0.1) is 11.2 Å². The Balaban J connectivity index is 2.04. The van der Waals surface area contributed by atoms with E-state index in [1.54, 1.807) is 4.80 Å². The van der Waals surface area contributed by atoms with Gasteiger partial charge >= 0.3 is 7.12 Å². The fraction of sp³-hybridized carbons (Fsp3) is 0.571. The third kappa shape index (κ3) is 1.94. The van der Waals surface area contributed by atoms with Gasteiger partial charge in [-0.05, 0) is 51.7 Å². The molecule has 1 aliphatic heterocycles. The molecule has 0 saturated carbocycles. The van der Waals surface area contributed by atoms with E-state index >= 15 is 0 Å². The van der Waals surface area contributed by atoms with Crippen molar-refractivity contribution in [1.29, 1.82) is 0 Å². The van der Waals surface area contributed by atoms with Gasteiger partial charge in [-0.25, -0.2) is 0 Å². The summed E-state index contributed by atoms with van der Waals surface area (Å²) in [4.78, 5) is 1.59. The summed E-state index contributed by atoms with van der Waals surface area (Å²) in [6, 6.07) is 4.07. The van der Waals surface area contributed by atoms with Gasteiger partial charge in [-0.15, -0.1) is 0 Å². The van der Waals surface area contributed by atoms with E-state index in [1.165, 1.54) is 0 Å². The summed E-state index contributed by atoms with van der Waals surface area (Å²) < 4.78 is 12.2. The van der Waals surface area contributed by atoms with Crippen LogP contribution in [0, 0.1) is 6.92 Å². The normalized spacial score (nSPS) is 20.8. The molecular formula is C14H20BN3O2. The molecule has 0 N–H and O–H groups in total. The van der Waals surface area contributed by atoms with Crippen molar-refractivity contribution < 1.29 is 9.31 Å². The van der Waals surface area contributed by atoms with Crippen LogP contribution in [-0.2, 0) is 16.4 Å². The highest BCUT2D eigenvalue weighted by Gasteiger charge is 2.51. The van der Waals surface area contributed by atoms with E-state index in [-0.39, 0.29) is 18.3 Å². The summed E-state index contributed by atoms with van der Waals surface area (Å²) in [6.45, 7) is 10.3. The van der Waals surface area contributed by atoms with Crippen LogP contribution in [0.4, 0.5) is 0 Å². The zero-order chi connectivity index (χ0) is 14.7. The molecule has 1 fully saturated rings. The Labute approximate surface area is 119 Å². The van der Waals surface area contributed by atoms with Gasteiger partial charge in [-0.3, -0.25) is 0 Å². The third-order valence-electron chi connectivity index (χ3n) is 4.33. The molecule has 1 aromatic carbocycles. The second kappa shape index (κ2) is 4.05. The minimum atomic E-state index is -0.356. The Hall–Kier alpha value is -1.40. The van der Waals surface area contributed by atoms with Gasteiger partial charge in [0.2, 0.25) is 0 Å². The van der Waals surface area contributed by atoms with Crippen LogP contribution in [0.3, 0.4) is 0 Å². The molecule has 0 amide bonds. The smallest absolute Gasteiger partial charge is 0.399 e. The van der Waals surface area contributed by atoms with E-state index in [0.29, 0.717) is 0 Å². The van der Waals surface area contributed by atoms with Crippen molar-refractivity contribution in [2.24, 2.45) is 7.05 Å². The molecular weight excluding hydrogens is 253 g/mol. The molecule has 0 aliphatic carbocycles. The van der Waals surface area contributed by atoms with Crippen LogP contribution in [0.25, 0.3) is 11.0 Å². The van der Waals surface area contributed by atoms with Gasteiger partial charge in [-0.1, -0.05) is 6.07 Å². The van der Waals surface area contributed by atoms with E-state index in [9.17, 15) is 0 Å². The summed E-state index contributed by atoms with van der Waals surface area (Å²) >= 11 is 0. The van der Waals surface area contributed by atoms with Crippen LogP contribution in [0.15, 0.2) is 12.1 Å². The number of aromatic nitrogens is 3. The molecule has 2 aromatic rings. The van der Waals surface area contributed by atoms with E-state index in [2.05, 4.69) is 44.0 Å². The van der Waals surface area contributed by atoms with Gasteiger partial charge in [-0.2, -0.15) is 15.0 Å². The van der Waals surface area contributed by atoms with Gasteiger partial charge in [0.25, 0.3) is 0 Å². The summed E-state index contributed by atoms with van der Waals surface area (Å²) in [7, 11) is 1.47. The zero-order valence-electron chi connectivity index (χ0n) is 12.9. The van der Waals surface area contributed by atoms with Gasteiger partial charge in [0.1, 0.15) is 11.0 Å². The first-order valence-corrected chi connectivity index (χ1v) is 6.87. The molecule has 1 saturated heterocycles. The SMILES string of the molecule is Cc1cc(B2OC(C)(C)C(C)(C)O2)cc2nn(C)nc12. The predicted molar refractivity (Wildman–Crippen MR) is 79.0 cm³/mol. The van der Waals surface area contributed by atoms with Crippen LogP contribution in [0.5, 0.6) is 0 Å². The molecule has 20 heavy (non-hydrogen) atoms. The first-order valence-electron chi connectivity index (χ1n) is 6.87. The molecule has 3 rings (SSSR count). The molecule has 0 unspecified atom stereocenters. The predicted octanol–water partition coefficient (Wildman–Crippen LogP) is 1.58. The molecule has 6 heteroatoms. The van der Waals surface area contributed by atoms with Crippen LogP contribution < -0.4 is 5.46 Å². The highest BCUT2D eigenvalue weighted by Crippen LogP contribution is 2.36. The number of aryl methyl sites for hydroxylation is 2. The summed E-state index contributed by atoms with van der Waals surface area (Å²) in [5.41, 5.74) is 3.21. The van der Waals surface area contributed by atoms with E-state index < -0.39 is 0 Å². The number of nitrogens with zero attached hydrogens (tertiary/aromatic N) is 3. The average molecular weight is 273 g/mol. The minimum absolute atomic E-state index is 0.330. The number of rotatable bonds is 1. The number of fused-ring (bicyclic) bond motifs is 1. The zero-order valence-corrected chi connectivity index (χ0v) is 12.9. The minimum Gasteiger partial charge on any atom is -0.399 e. The average Bonchev–Trinajstić information content (AvgIpc) is 2.77. The van der Waals surface area contributed by atoms with E-state index in [1.807, 2.05) is 20.0 Å². The second-order valence-electron chi connectivity index (χ2n) is 6.48.